The molecule has 0 bridgehead atoms. The van der Waals surface area contributed by atoms with E-state index in [1.165, 1.54) is 30.3 Å². The number of anilines is 6. The lowest BCUT2D eigenvalue weighted by Gasteiger charge is -2.23. The molecule has 9 nitrogen and oxygen atoms in total. The number of rotatable bonds is 7. The van der Waals surface area contributed by atoms with Crippen LogP contribution in [0.25, 0.3) is 11.1 Å². The normalized spacial score (nSPS) is 12.6. The minimum Gasteiger partial charge on any atom is -0.308 e. The van der Waals surface area contributed by atoms with E-state index in [2.05, 4.69) is 39.6 Å². The summed E-state index contributed by atoms with van der Waals surface area (Å²) in [6.45, 7) is 14.7. The van der Waals surface area contributed by atoms with Gasteiger partial charge in [0.1, 0.15) is 0 Å². The number of hydrogen-bond donors (Lipinski definition) is 6. The van der Waals surface area contributed by atoms with Gasteiger partial charge in [-0.3, -0.25) is 0 Å². The molecular weight excluding hydrogens is 1340 g/mol. The van der Waals surface area contributed by atoms with E-state index in [4.69, 9.17) is 0 Å². The number of halogens is 21. The number of alkyl halides is 18. The van der Waals surface area contributed by atoms with Gasteiger partial charge in [-0.15, -0.1) is 0 Å². The molecule has 7 aromatic carbocycles. The van der Waals surface area contributed by atoms with Crippen molar-refractivity contribution < 1.29 is 107 Å². The van der Waals surface area contributed by atoms with E-state index in [0.717, 1.165) is 24.3 Å². The third kappa shape index (κ3) is 18.5. The molecule has 0 aliphatic heterocycles. The van der Waals surface area contributed by atoms with Crippen LogP contribution < -0.4 is 31.9 Å². The van der Waals surface area contributed by atoms with E-state index < -0.39 is 190 Å². The summed E-state index contributed by atoms with van der Waals surface area (Å²) in [6, 6.07) is 6.52. The molecule has 0 saturated carbocycles. The summed E-state index contributed by atoms with van der Waals surface area (Å²) in [7, 11) is 0. The highest BCUT2D eigenvalue weighted by atomic mass is 19.4. The van der Waals surface area contributed by atoms with Crippen molar-refractivity contribution in [3.05, 3.63) is 199 Å². The first-order valence-electron chi connectivity index (χ1n) is 28.0. The van der Waals surface area contributed by atoms with Crippen molar-refractivity contribution in [3.63, 3.8) is 0 Å². The van der Waals surface area contributed by atoms with Crippen LogP contribution in [-0.2, 0) is 53.3 Å². The summed E-state index contributed by atoms with van der Waals surface area (Å²) in [4.78, 5) is 40.8. The lowest BCUT2D eigenvalue weighted by atomic mass is 9.84. The molecule has 7 aromatic rings. The van der Waals surface area contributed by atoms with Crippen LogP contribution in [0.1, 0.15) is 135 Å². The highest BCUT2D eigenvalue weighted by molar-refractivity contribution is 6.04. The van der Waals surface area contributed by atoms with Gasteiger partial charge in [0.25, 0.3) is 0 Å². The molecule has 97 heavy (non-hydrogen) atoms. The fraction of sp³-hybridized carbons (Fsp3) is 0.269. The van der Waals surface area contributed by atoms with Gasteiger partial charge in [-0.25, -0.2) is 27.6 Å². The Bertz CT molecular complexity index is 4090. The van der Waals surface area contributed by atoms with E-state index in [1.807, 2.05) is 16.0 Å². The zero-order valence-corrected chi connectivity index (χ0v) is 51.6. The minimum atomic E-state index is -5.40. The molecule has 0 saturated heterocycles. The number of hydrogen-bond acceptors (Lipinski definition) is 3. The monoisotopic (exact) mass is 1390 g/mol. The van der Waals surface area contributed by atoms with Crippen molar-refractivity contribution in [2.45, 2.75) is 116 Å². The Morgan fingerprint density at radius 3 is 0.794 bits per heavy atom. The molecule has 6 amide bonds. The molecule has 514 valence electrons. The fourth-order valence-corrected chi connectivity index (χ4v) is 9.09. The first-order chi connectivity index (χ1) is 44.2. The summed E-state index contributed by atoms with van der Waals surface area (Å²) >= 11 is 0. The van der Waals surface area contributed by atoms with Gasteiger partial charge >= 0.3 is 55.2 Å². The van der Waals surface area contributed by atoms with E-state index in [9.17, 15) is 93.4 Å². The van der Waals surface area contributed by atoms with Gasteiger partial charge in [0.2, 0.25) is 0 Å². The minimum absolute atomic E-state index is 0.134. The second-order valence-electron chi connectivity index (χ2n) is 24.7. The zero-order valence-electron chi connectivity index (χ0n) is 51.6. The number of nitrogens with one attached hydrogen (secondary N) is 6. The number of carbonyl (C=O) groups excluding carboxylic acids is 3. The van der Waals surface area contributed by atoms with Gasteiger partial charge in [-0.05, 0) is 124 Å². The Labute approximate surface area is 538 Å². The maximum Gasteiger partial charge on any atom is 0.416 e. The van der Waals surface area contributed by atoms with Crippen molar-refractivity contribution in [3.8, 4) is 34.8 Å². The maximum absolute atomic E-state index is 17.9. The summed E-state index contributed by atoms with van der Waals surface area (Å²) in [5, 5.41) is 12.0. The molecule has 30 heteroatoms. The summed E-state index contributed by atoms with van der Waals surface area (Å²) < 4.78 is 302. The smallest absolute Gasteiger partial charge is 0.308 e. The molecule has 0 aliphatic rings. The molecule has 0 atom stereocenters. The van der Waals surface area contributed by atoms with E-state index in [1.54, 1.807) is 62.3 Å². The van der Waals surface area contributed by atoms with Crippen LogP contribution in [0.15, 0.2) is 109 Å². The molecule has 6 N–H and O–H groups in total. The highest BCUT2D eigenvalue weighted by Crippen LogP contribution is 2.44. The lowest BCUT2D eigenvalue weighted by Crippen LogP contribution is -2.22. The maximum atomic E-state index is 17.9. The largest absolute Gasteiger partial charge is 0.416 e. The molecule has 0 spiro atoms. The first kappa shape index (κ1) is 74.4. The zero-order chi connectivity index (χ0) is 72.9. The average molecular weight is 1390 g/mol. The van der Waals surface area contributed by atoms with Gasteiger partial charge in [-0.2, -0.15) is 79.0 Å². The average Bonchev–Trinajstić information content (AvgIpc) is 0.754. The van der Waals surface area contributed by atoms with Gasteiger partial charge in [-0.1, -0.05) is 104 Å². The van der Waals surface area contributed by atoms with Crippen LogP contribution in [0.3, 0.4) is 0 Å². The molecule has 0 aliphatic carbocycles. The van der Waals surface area contributed by atoms with Crippen LogP contribution in [0, 0.1) is 41.1 Å². The van der Waals surface area contributed by atoms with Gasteiger partial charge < -0.3 is 31.9 Å². The van der Waals surface area contributed by atoms with Crippen LogP contribution >= 0.6 is 0 Å². The Hall–Kier alpha value is -10.0. The van der Waals surface area contributed by atoms with E-state index in [-0.39, 0.29) is 60.2 Å². The fourth-order valence-electron chi connectivity index (χ4n) is 9.09. The number of urea groups is 3. The molecule has 0 unspecified atom stereocenters. The van der Waals surface area contributed by atoms with Crippen molar-refractivity contribution in [2.24, 2.45) is 0 Å². The number of carbonyl (C=O) groups is 3. The second kappa shape index (κ2) is 26.5. The van der Waals surface area contributed by atoms with Crippen LogP contribution in [0.4, 0.5) is 141 Å². The molecule has 0 radical (unpaired) electrons. The van der Waals surface area contributed by atoms with Crippen molar-refractivity contribution in [1.29, 1.82) is 0 Å². The van der Waals surface area contributed by atoms with E-state index >= 15 is 13.2 Å². The molecule has 0 heterocycles. The molecule has 0 fully saturated rings. The quantitative estimate of drug-likeness (QED) is 0.0704. The Morgan fingerprint density at radius 1 is 0.289 bits per heavy atom. The van der Waals surface area contributed by atoms with Gasteiger partial charge in [0, 0.05) is 33.8 Å². The van der Waals surface area contributed by atoms with Crippen molar-refractivity contribution >= 4 is 52.2 Å². The van der Waals surface area contributed by atoms with E-state index in [0.29, 0.717) is 11.1 Å². The van der Waals surface area contributed by atoms with Crippen molar-refractivity contribution in [1.82, 2.24) is 0 Å². The second-order valence-corrected chi connectivity index (χ2v) is 24.7. The Balaban J connectivity index is 1.47. The molecule has 0 aromatic heterocycles. The Kier molecular flexibility index (Phi) is 20.4. The summed E-state index contributed by atoms with van der Waals surface area (Å²) in [6.07, 6.45) is -32.2. The van der Waals surface area contributed by atoms with Crippen LogP contribution in [-0.4, -0.2) is 18.1 Å². The third-order valence-corrected chi connectivity index (χ3v) is 14.2. The van der Waals surface area contributed by atoms with Crippen LogP contribution in [0.5, 0.6) is 0 Å². The standard InChI is InChI=1S/C67H51F21N6O3/c1-59(2,3)34-12-17-49(92-56(95)89-43-25-37(62(71,72)73)22-38(26-43)63(74,75)76)32(20-34)10-15-46-53(68)47(16-11-33-21-35(60(4,5)6)13-18-50(33)93-57(96)90-44-27-39(64(77,78)79)23-40(28-44)65(80,81)82)55(70)52(54(46)69)48-31-36(61(7,8)9)14-19-51(48)94-58(97)91-45-29-41(66(83,84)85)24-42(30-45)67(86,87)88/h12-14,17-31H,1-9H3,(H2,89,92,95)(H2,90,93,96)(H2,91,94,97). The lowest BCUT2D eigenvalue weighted by molar-refractivity contribution is -0.144. The molecular formula is C67H51F21N6O3. The van der Waals surface area contributed by atoms with Gasteiger partial charge in [0.05, 0.1) is 67.1 Å². The van der Waals surface area contributed by atoms with Crippen molar-refractivity contribution in [2.75, 3.05) is 31.9 Å². The third-order valence-electron chi connectivity index (χ3n) is 14.2. The predicted molar refractivity (Wildman–Crippen MR) is 320 cm³/mol. The number of amides is 6. The molecule has 7 rings (SSSR count). The first-order valence-corrected chi connectivity index (χ1v) is 28.0. The Morgan fingerprint density at radius 2 is 0.536 bits per heavy atom. The topological polar surface area (TPSA) is 123 Å². The number of benzene rings is 7. The highest BCUT2D eigenvalue weighted by Gasteiger charge is 2.41. The van der Waals surface area contributed by atoms with Crippen LogP contribution in [0.2, 0.25) is 0 Å². The van der Waals surface area contributed by atoms with Gasteiger partial charge in [0.15, 0.2) is 17.5 Å². The predicted octanol–water partition coefficient (Wildman–Crippen LogP) is 21.5. The SMILES string of the molecule is CC(C)(C)c1ccc(NC(=O)Nc2cc(C(F)(F)F)cc(C(F)(F)F)c2)c(C#Cc2c(F)c(C#Cc3cc(C(C)(C)C)ccc3NC(=O)Nc3cc(C(F)(F)F)cc(C(F)(F)F)c3)c(F)c(-c3cc(C(C)(C)C)ccc3NC(=O)Nc3cc(C(F)(F)F)cc(C(F)(F)F)c3)c2F)c1. The summed E-state index contributed by atoms with van der Waals surface area (Å²) in [5.41, 5.74) is -23.2. The summed E-state index contributed by atoms with van der Waals surface area (Å²) in [5.74, 6) is 3.45.